The Morgan fingerprint density at radius 3 is 2.70 bits per heavy atom. The van der Waals surface area contributed by atoms with Gasteiger partial charge < -0.3 is 10.1 Å². The predicted octanol–water partition coefficient (Wildman–Crippen LogP) is 3.55. The molecule has 0 fully saturated rings. The number of benzene rings is 1. The smallest absolute Gasteiger partial charge is 0.120 e. The van der Waals surface area contributed by atoms with Crippen LogP contribution in [0.3, 0.4) is 0 Å². The molecule has 1 heterocycles. The Labute approximate surface area is 121 Å². The van der Waals surface area contributed by atoms with Crippen molar-refractivity contribution in [3.63, 3.8) is 0 Å². The van der Waals surface area contributed by atoms with E-state index in [0.29, 0.717) is 0 Å². The van der Waals surface area contributed by atoms with Crippen molar-refractivity contribution in [3.05, 3.63) is 59.9 Å². The van der Waals surface area contributed by atoms with Crippen molar-refractivity contribution in [2.75, 3.05) is 0 Å². The normalized spacial score (nSPS) is 12.1. The van der Waals surface area contributed by atoms with Crippen LogP contribution in [-0.2, 0) is 13.1 Å². The summed E-state index contributed by atoms with van der Waals surface area (Å²) in [5.41, 5.74) is 2.43. The van der Waals surface area contributed by atoms with Crippen LogP contribution in [0.25, 0.3) is 0 Å². The maximum Gasteiger partial charge on any atom is 0.120 e. The van der Waals surface area contributed by atoms with Gasteiger partial charge >= 0.3 is 0 Å². The Balaban J connectivity index is 1.85. The minimum Gasteiger partial charge on any atom is -0.491 e. The standard InChI is InChI=1S/C17H22N2O/c1-3-14(2)20-17-8-4-6-15(10-17)11-19-13-16-7-5-9-18-12-16/h4-10,12,14,19H,3,11,13H2,1-2H3. The van der Waals surface area contributed by atoms with E-state index in [1.165, 1.54) is 11.1 Å². The fraction of sp³-hybridized carbons (Fsp3) is 0.353. The van der Waals surface area contributed by atoms with E-state index in [4.69, 9.17) is 4.74 Å². The molecule has 1 aromatic carbocycles. The van der Waals surface area contributed by atoms with Crippen LogP contribution in [0.2, 0.25) is 0 Å². The number of nitrogens with zero attached hydrogens (tertiary/aromatic N) is 1. The Kier molecular flexibility index (Phi) is 5.56. The van der Waals surface area contributed by atoms with E-state index in [2.05, 4.69) is 42.3 Å². The van der Waals surface area contributed by atoms with Gasteiger partial charge in [-0.15, -0.1) is 0 Å². The van der Waals surface area contributed by atoms with Crippen molar-refractivity contribution >= 4 is 0 Å². The van der Waals surface area contributed by atoms with E-state index < -0.39 is 0 Å². The molecule has 3 nitrogen and oxygen atoms in total. The molecule has 0 amide bonds. The average molecular weight is 270 g/mol. The highest BCUT2D eigenvalue weighted by molar-refractivity contribution is 5.28. The second-order valence-electron chi connectivity index (χ2n) is 4.95. The molecule has 0 aliphatic carbocycles. The molecule has 0 saturated carbocycles. The first kappa shape index (κ1) is 14.5. The summed E-state index contributed by atoms with van der Waals surface area (Å²) in [6.07, 6.45) is 4.95. The molecule has 0 saturated heterocycles. The molecule has 1 atom stereocenters. The molecule has 0 bridgehead atoms. The summed E-state index contributed by atoms with van der Waals surface area (Å²) in [6, 6.07) is 12.3. The first-order valence-corrected chi connectivity index (χ1v) is 7.13. The predicted molar refractivity (Wildman–Crippen MR) is 81.6 cm³/mol. The topological polar surface area (TPSA) is 34.1 Å². The van der Waals surface area contributed by atoms with Gasteiger partial charge in [0, 0.05) is 25.5 Å². The molecular formula is C17H22N2O. The van der Waals surface area contributed by atoms with Gasteiger partial charge in [-0.1, -0.05) is 25.1 Å². The molecule has 0 spiro atoms. The highest BCUT2D eigenvalue weighted by Gasteiger charge is 2.02. The van der Waals surface area contributed by atoms with Crippen molar-refractivity contribution in [2.24, 2.45) is 0 Å². The van der Waals surface area contributed by atoms with Crippen molar-refractivity contribution in [1.82, 2.24) is 10.3 Å². The number of hydrogen-bond acceptors (Lipinski definition) is 3. The Hall–Kier alpha value is -1.87. The molecule has 0 aliphatic rings. The Morgan fingerprint density at radius 1 is 1.15 bits per heavy atom. The number of pyridine rings is 1. The van der Waals surface area contributed by atoms with Crippen LogP contribution < -0.4 is 10.1 Å². The summed E-state index contributed by atoms with van der Waals surface area (Å²) in [6.45, 7) is 5.87. The van der Waals surface area contributed by atoms with Crippen LogP contribution in [0.4, 0.5) is 0 Å². The van der Waals surface area contributed by atoms with Gasteiger partial charge in [-0.2, -0.15) is 0 Å². The fourth-order valence-electron chi connectivity index (χ4n) is 1.90. The van der Waals surface area contributed by atoms with Gasteiger partial charge in [-0.3, -0.25) is 4.98 Å². The highest BCUT2D eigenvalue weighted by atomic mass is 16.5. The molecular weight excluding hydrogens is 248 g/mol. The molecule has 2 aromatic rings. The van der Waals surface area contributed by atoms with Crippen molar-refractivity contribution in [2.45, 2.75) is 39.5 Å². The van der Waals surface area contributed by atoms with Gasteiger partial charge in [-0.25, -0.2) is 0 Å². The molecule has 0 aliphatic heterocycles. The van der Waals surface area contributed by atoms with Crippen LogP contribution in [0.1, 0.15) is 31.4 Å². The summed E-state index contributed by atoms with van der Waals surface area (Å²) in [5, 5.41) is 3.42. The van der Waals surface area contributed by atoms with Gasteiger partial charge in [0.1, 0.15) is 5.75 Å². The maximum absolute atomic E-state index is 5.83. The summed E-state index contributed by atoms with van der Waals surface area (Å²) >= 11 is 0. The van der Waals surface area contributed by atoms with E-state index in [-0.39, 0.29) is 6.10 Å². The molecule has 1 aromatic heterocycles. The average Bonchev–Trinajstić information content (AvgIpc) is 2.48. The van der Waals surface area contributed by atoms with Crippen molar-refractivity contribution in [1.29, 1.82) is 0 Å². The number of aromatic nitrogens is 1. The van der Waals surface area contributed by atoms with E-state index in [9.17, 15) is 0 Å². The third-order valence-corrected chi connectivity index (χ3v) is 3.19. The number of nitrogens with one attached hydrogen (secondary N) is 1. The summed E-state index contributed by atoms with van der Waals surface area (Å²) in [5.74, 6) is 0.944. The van der Waals surface area contributed by atoms with Crippen LogP contribution in [0, 0.1) is 0 Å². The highest BCUT2D eigenvalue weighted by Crippen LogP contribution is 2.15. The van der Waals surface area contributed by atoms with Crippen LogP contribution >= 0.6 is 0 Å². The lowest BCUT2D eigenvalue weighted by Gasteiger charge is -2.13. The zero-order chi connectivity index (χ0) is 14.2. The minimum atomic E-state index is 0.258. The van der Waals surface area contributed by atoms with Crippen molar-refractivity contribution in [3.8, 4) is 5.75 Å². The van der Waals surface area contributed by atoms with Crippen LogP contribution in [0.15, 0.2) is 48.8 Å². The quantitative estimate of drug-likeness (QED) is 0.835. The Bertz CT molecular complexity index is 513. The molecule has 1 N–H and O–H groups in total. The summed E-state index contributed by atoms with van der Waals surface area (Å²) in [7, 11) is 0. The van der Waals surface area contributed by atoms with Gasteiger partial charge in [0.2, 0.25) is 0 Å². The lowest BCUT2D eigenvalue weighted by molar-refractivity contribution is 0.217. The molecule has 0 radical (unpaired) electrons. The SMILES string of the molecule is CCC(C)Oc1cccc(CNCc2cccnc2)c1. The number of hydrogen-bond donors (Lipinski definition) is 1. The van der Waals surface area contributed by atoms with E-state index >= 15 is 0 Å². The maximum atomic E-state index is 5.83. The second kappa shape index (κ2) is 7.65. The van der Waals surface area contributed by atoms with E-state index in [1.54, 1.807) is 6.20 Å². The molecule has 1 unspecified atom stereocenters. The van der Waals surface area contributed by atoms with Gasteiger partial charge in [0.05, 0.1) is 6.10 Å². The van der Waals surface area contributed by atoms with Gasteiger partial charge in [0.25, 0.3) is 0 Å². The Morgan fingerprint density at radius 2 is 1.95 bits per heavy atom. The first-order valence-electron chi connectivity index (χ1n) is 7.13. The van der Waals surface area contributed by atoms with Crippen LogP contribution in [0.5, 0.6) is 5.75 Å². The monoisotopic (exact) mass is 270 g/mol. The number of ether oxygens (including phenoxy) is 1. The third-order valence-electron chi connectivity index (χ3n) is 3.19. The summed E-state index contributed by atoms with van der Waals surface area (Å²) < 4.78 is 5.83. The summed E-state index contributed by atoms with van der Waals surface area (Å²) in [4.78, 5) is 4.11. The minimum absolute atomic E-state index is 0.258. The van der Waals surface area contributed by atoms with Crippen molar-refractivity contribution < 1.29 is 4.74 Å². The molecule has 3 heteroatoms. The zero-order valence-corrected chi connectivity index (χ0v) is 12.2. The molecule has 2 rings (SSSR count). The second-order valence-corrected chi connectivity index (χ2v) is 4.95. The fourth-order valence-corrected chi connectivity index (χ4v) is 1.90. The zero-order valence-electron chi connectivity index (χ0n) is 12.2. The lowest BCUT2D eigenvalue weighted by Crippen LogP contribution is -2.13. The largest absolute Gasteiger partial charge is 0.491 e. The third kappa shape index (κ3) is 4.67. The van der Waals surface area contributed by atoms with Crippen LogP contribution in [-0.4, -0.2) is 11.1 Å². The van der Waals surface area contributed by atoms with Gasteiger partial charge in [0.15, 0.2) is 0 Å². The van der Waals surface area contributed by atoms with E-state index in [0.717, 1.165) is 25.3 Å². The number of rotatable bonds is 7. The first-order chi connectivity index (χ1) is 9.78. The van der Waals surface area contributed by atoms with E-state index in [1.807, 2.05) is 24.4 Å². The molecule has 20 heavy (non-hydrogen) atoms. The molecule has 106 valence electrons. The van der Waals surface area contributed by atoms with Gasteiger partial charge in [-0.05, 0) is 42.7 Å². The lowest BCUT2D eigenvalue weighted by atomic mass is 10.2.